The molecule has 0 fully saturated rings. The highest BCUT2D eigenvalue weighted by molar-refractivity contribution is 6.32. The lowest BCUT2D eigenvalue weighted by Crippen LogP contribution is -2.28. The van der Waals surface area contributed by atoms with Crippen molar-refractivity contribution in [2.45, 2.75) is 65.9 Å². The minimum absolute atomic E-state index is 0.138. The number of aliphatic imine (C=N–C) groups is 2. The van der Waals surface area contributed by atoms with Gasteiger partial charge in [0.15, 0.2) is 0 Å². The number of carbonyl (C=O) groups is 2. The van der Waals surface area contributed by atoms with Gasteiger partial charge in [-0.3, -0.25) is 24.7 Å². The van der Waals surface area contributed by atoms with Gasteiger partial charge < -0.3 is 44.5 Å². The standard InChI is InChI=1S/C55H58Cl2N6O9/c1-35-41(33-71-52-20-50(69-31-39-15-37(22-58-3)24-61-26-39)43(17-48(52)56)28-60-14-8-13-54(65)66)9-6-11-46(35)47-12-7-10-42(36(47)2)34-72-53-21-51(70-32-40-16-38(23-59-4)25-62-27-40)44(18-49(53)57)29-63-30-45(64)19-55(67)68-5/h6-13,15-18,20-27,45,60,63-64H,14,19,28-34H2,1-5H3,(H,65,66)/b13-8-,58-22+,59-23+. The molecule has 1 unspecified atom stereocenters. The summed E-state index contributed by atoms with van der Waals surface area (Å²) < 4.78 is 30.2. The Labute approximate surface area is 429 Å². The number of hydrogen-bond acceptors (Lipinski definition) is 14. The number of aromatic nitrogens is 2. The molecule has 4 aromatic carbocycles. The average molecular weight is 1020 g/mol. The van der Waals surface area contributed by atoms with Crippen LogP contribution in [0.4, 0.5) is 0 Å². The molecule has 6 rings (SSSR count). The molecule has 72 heavy (non-hydrogen) atoms. The maximum absolute atomic E-state index is 11.7. The number of pyridine rings is 2. The fourth-order valence-corrected chi connectivity index (χ4v) is 8.08. The number of nitrogens with zero attached hydrogens (tertiary/aromatic N) is 4. The van der Waals surface area contributed by atoms with E-state index < -0.39 is 18.0 Å². The van der Waals surface area contributed by atoms with Crippen LogP contribution in [-0.2, 0) is 53.8 Å². The summed E-state index contributed by atoms with van der Waals surface area (Å²) in [5.41, 5.74) is 10.9. The molecule has 6 aromatic rings. The molecule has 0 aliphatic heterocycles. The van der Waals surface area contributed by atoms with E-state index in [0.717, 1.165) is 72.8 Å². The molecular formula is C55H58Cl2N6O9. The average Bonchev–Trinajstić information content (AvgIpc) is 3.36. The molecule has 2 aromatic heterocycles. The van der Waals surface area contributed by atoms with E-state index >= 15 is 0 Å². The van der Waals surface area contributed by atoms with Gasteiger partial charge >= 0.3 is 11.9 Å². The molecule has 0 aliphatic carbocycles. The third-order valence-corrected chi connectivity index (χ3v) is 11.9. The minimum Gasteiger partial charge on any atom is -0.488 e. The molecular weight excluding hydrogens is 960 g/mol. The lowest BCUT2D eigenvalue weighted by molar-refractivity contribution is -0.142. The molecule has 0 bridgehead atoms. The number of esters is 1. The number of rotatable bonds is 26. The van der Waals surface area contributed by atoms with E-state index in [2.05, 4.69) is 61.3 Å². The van der Waals surface area contributed by atoms with Crippen molar-refractivity contribution in [3.8, 4) is 34.1 Å². The first-order valence-electron chi connectivity index (χ1n) is 23.0. The molecule has 0 aliphatic rings. The minimum atomic E-state index is -1.02. The van der Waals surface area contributed by atoms with E-state index in [1.54, 1.807) is 75.6 Å². The zero-order chi connectivity index (χ0) is 51.4. The maximum atomic E-state index is 11.7. The van der Waals surface area contributed by atoms with Crippen molar-refractivity contribution >= 4 is 47.6 Å². The molecule has 0 amide bonds. The molecule has 4 N–H and O–H groups in total. The Kier molecular flexibility index (Phi) is 20.7. The van der Waals surface area contributed by atoms with Crippen LogP contribution in [0.3, 0.4) is 0 Å². The Balaban J connectivity index is 1.18. The summed E-state index contributed by atoms with van der Waals surface area (Å²) in [6.45, 7) is 6.08. The summed E-state index contributed by atoms with van der Waals surface area (Å²) in [4.78, 5) is 39.4. The highest BCUT2D eigenvalue weighted by Gasteiger charge is 2.18. The number of hydrogen-bond donors (Lipinski definition) is 4. The van der Waals surface area contributed by atoms with Gasteiger partial charge in [-0.2, -0.15) is 0 Å². The molecule has 0 radical (unpaired) electrons. The van der Waals surface area contributed by atoms with Crippen molar-refractivity contribution in [1.82, 2.24) is 20.6 Å². The summed E-state index contributed by atoms with van der Waals surface area (Å²) in [5, 5.41) is 26.5. The van der Waals surface area contributed by atoms with Gasteiger partial charge in [0.25, 0.3) is 0 Å². The van der Waals surface area contributed by atoms with Gasteiger partial charge in [-0.25, -0.2) is 4.79 Å². The smallest absolute Gasteiger partial charge is 0.328 e. The first-order valence-corrected chi connectivity index (χ1v) is 23.7. The van der Waals surface area contributed by atoms with Gasteiger partial charge in [-0.15, -0.1) is 0 Å². The van der Waals surface area contributed by atoms with Crippen molar-refractivity contribution in [3.05, 3.63) is 175 Å². The lowest BCUT2D eigenvalue weighted by atomic mass is 9.92. The van der Waals surface area contributed by atoms with Crippen molar-refractivity contribution in [1.29, 1.82) is 0 Å². The molecule has 376 valence electrons. The van der Waals surface area contributed by atoms with Crippen LogP contribution in [0.15, 0.2) is 120 Å². The summed E-state index contributed by atoms with van der Waals surface area (Å²) in [7, 11) is 4.67. The van der Waals surface area contributed by atoms with Gasteiger partial charge in [0.2, 0.25) is 0 Å². The number of carboxylic acid groups (broad SMARTS) is 1. The van der Waals surface area contributed by atoms with Crippen LogP contribution in [0.1, 0.15) is 62.1 Å². The van der Waals surface area contributed by atoms with Crippen molar-refractivity contribution in [3.63, 3.8) is 0 Å². The van der Waals surface area contributed by atoms with Crippen molar-refractivity contribution < 1.29 is 43.5 Å². The highest BCUT2D eigenvalue weighted by Crippen LogP contribution is 2.37. The van der Waals surface area contributed by atoms with Gasteiger partial charge in [0.05, 0.1) is 29.7 Å². The zero-order valence-corrected chi connectivity index (χ0v) is 42.3. The predicted molar refractivity (Wildman–Crippen MR) is 280 cm³/mol. The molecule has 0 saturated carbocycles. The number of carbonyl (C=O) groups excluding carboxylic acids is 1. The van der Waals surface area contributed by atoms with E-state index in [-0.39, 0.29) is 45.9 Å². The molecule has 0 spiro atoms. The van der Waals surface area contributed by atoms with Gasteiger partial charge in [-0.1, -0.05) is 65.7 Å². The van der Waals surface area contributed by atoms with E-state index in [1.807, 2.05) is 36.4 Å². The largest absolute Gasteiger partial charge is 0.488 e. The lowest BCUT2D eigenvalue weighted by Gasteiger charge is -2.19. The number of aliphatic carboxylic acids is 1. The number of benzene rings is 4. The second-order valence-electron chi connectivity index (χ2n) is 16.6. The number of nitrogens with one attached hydrogen (secondary N) is 2. The number of carboxylic acids is 1. The Morgan fingerprint density at radius 3 is 1.62 bits per heavy atom. The SMILES string of the molecule is C/N=C/c1cncc(COc2cc(OCc3cccc(-c4cccc(COc5cc(OCc6cncc(/C=N/C)c6)c(CNCC(O)CC(=O)OC)cc5Cl)c4C)c3C)c(Cl)cc2CNC/C=C\C(=O)O)c1. The molecule has 17 heteroatoms. The molecule has 0 saturated heterocycles. The second kappa shape index (κ2) is 27.5. The van der Waals surface area contributed by atoms with Crippen molar-refractivity contribution in [2.24, 2.45) is 9.98 Å². The summed E-state index contributed by atoms with van der Waals surface area (Å²) in [6, 6.07) is 23.2. The van der Waals surface area contributed by atoms with E-state index in [0.29, 0.717) is 46.1 Å². The first kappa shape index (κ1) is 54.2. The monoisotopic (exact) mass is 1020 g/mol. The van der Waals surface area contributed by atoms with E-state index in [1.165, 1.54) is 13.2 Å². The van der Waals surface area contributed by atoms with Crippen LogP contribution in [-0.4, -0.2) is 84.9 Å². The fraction of sp³-hybridized carbons (Fsp3) is 0.273. The first-order chi connectivity index (χ1) is 34.8. The fourth-order valence-electron chi connectivity index (χ4n) is 7.60. The quantitative estimate of drug-likeness (QED) is 0.0174. The van der Waals surface area contributed by atoms with E-state index in [9.17, 15) is 14.7 Å². The van der Waals surface area contributed by atoms with Crippen LogP contribution < -0.4 is 29.6 Å². The number of halogens is 2. The highest BCUT2D eigenvalue weighted by atomic mass is 35.5. The van der Waals surface area contributed by atoms with Gasteiger partial charge in [0.1, 0.15) is 49.4 Å². The number of aliphatic hydroxyl groups excluding tert-OH is 1. The maximum Gasteiger partial charge on any atom is 0.328 e. The molecule has 15 nitrogen and oxygen atoms in total. The van der Waals surface area contributed by atoms with Crippen LogP contribution in [0, 0.1) is 13.8 Å². The number of methoxy groups -OCH3 is 1. The Morgan fingerprint density at radius 2 is 1.15 bits per heavy atom. The zero-order valence-electron chi connectivity index (χ0n) is 40.8. The predicted octanol–water partition coefficient (Wildman–Crippen LogP) is 9.22. The Morgan fingerprint density at radius 1 is 0.667 bits per heavy atom. The van der Waals surface area contributed by atoms with Crippen LogP contribution in [0.2, 0.25) is 10.0 Å². The molecule has 2 heterocycles. The Hall–Kier alpha value is -7.14. The van der Waals surface area contributed by atoms with Crippen molar-refractivity contribution in [2.75, 3.05) is 34.3 Å². The summed E-state index contributed by atoms with van der Waals surface area (Å²) >= 11 is 13.7. The summed E-state index contributed by atoms with van der Waals surface area (Å²) in [5.74, 6) is 0.389. The normalized spacial score (nSPS) is 11.9. The summed E-state index contributed by atoms with van der Waals surface area (Å²) in [6.07, 6.45) is 11.9. The Bertz CT molecular complexity index is 2910. The van der Waals surface area contributed by atoms with Crippen LogP contribution >= 0.6 is 23.2 Å². The van der Waals surface area contributed by atoms with E-state index in [4.69, 9.17) is 47.3 Å². The third kappa shape index (κ3) is 15.9. The van der Waals surface area contributed by atoms with Crippen LogP contribution in [0.25, 0.3) is 11.1 Å². The second-order valence-corrected chi connectivity index (χ2v) is 17.4. The van der Waals surface area contributed by atoms with Gasteiger partial charge in [0, 0.05) is 129 Å². The number of ether oxygens (including phenoxy) is 5. The third-order valence-electron chi connectivity index (χ3n) is 11.3. The van der Waals surface area contributed by atoms with Gasteiger partial charge in [-0.05, 0) is 71.5 Å². The van der Waals surface area contributed by atoms with Crippen LogP contribution in [0.5, 0.6) is 23.0 Å². The number of aliphatic hydroxyl groups is 1. The topological polar surface area (TPSA) is 195 Å². The molecule has 1 atom stereocenters.